The van der Waals surface area contributed by atoms with E-state index >= 15 is 0 Å². The van der Waals surface area contributed by atoms with Crippen LogP contribution in [-0.4, -0.2) is 63.0 Å². The number of carbonyl (C=O) groups excluding carboxylic acids is 1. The second-order valence-electron chi connectivity index (χ2n) is 8.17. The van der Waals surface area contributed by atoms with Crippen molar-refractivity contribution >= 4 is 34.6 Å². The highest BCUT2D eigenvalue weighted by molar-refractivity contribution is 5.87. The lowest BCUT2D eigenvalue weighted by Gasteiger charge is -2.37. The minimum Gasteiger partial charge on any atom is -0.447 e. The molecule has 3 aliphatic heterocycles. The highest BCUT2D eigenvalue weighted by Gasteiger charge is 2.42. The quantitative estimate of drug-likeness (QED) is 0.664. The summed E-state index contributed by atoms with van der Waals surface area (Å²) in [6, 6.07) is 4.04. The molecule has 2 saturated heterocycles. The van der Waals surface area contributed by atoms with Crippen LogP contribution in [0, 0.1) is 0 Å². The van der Waals surface area contributed by atoms with Crippen molar-refractivity contribution in [1.82, 2.24) is 30.5 Å². The molecular weight excluding hydrogens is 384 g/mol. The molecule has 3 aromatic rings. The first-order valence-electron chi connectivity index (χ1n) is 10.3. The number of pyridine rings is 1. The molecule has 3 aromatic heterocycles. The number of fused-ring (bicyclic) bond motifs is 2. The van der Waals surface area contributed by atoms with Crippen LogP contribution in [0.1, 0.15) is 25.0 Å². The highest BCUT2D eigenvalue weighted by Crippen LogP contribution is 2.35. The van der Waals surface area contributed by atoms with Crippen LogP contribution in [0.3, 0.4) is 0 Å². The highest BCUT2D eigenvalue weighted by atomic mass is 16.6. The molecule has 1 amide bonds. The van der Waals surface area contributed by atoms with Crippen molar-refractivity contribution in [2.75, 3.05) is 36.0 Å². The number of amides is 1. The van der Waals surface area contributed by atoms with Crippen LogP contribution in [0.2, 0.25) is 0 Å². The largest absolute Gasteiger partial charge is 0.447 e. The molecule has 0 radical (unpaired) electrons. The lowest BCUT2D eigenvalue weighted by atomic mass is 9.89. The van der Waals surface area contributed by atoms with Crippen LogP contribution in [-0.2, 0) is 11.2 Å². The van der Waals surface area contributed by atoms with E-state index in [1.165, 1.54) is 0 Å². The minimum atomic E-state index is -0.316. The molecule has 0 unspecified atom stereocenters. The molecule has 30 heavy (non-hydrogen) atoms. The Hall–Kier alpha value is -3.43. The molecule has 0 bridgehead atoms. The van der Waals surface area contributed by atoms with Gasteiger partial charge in [0.05, 0.1) is 23.1 Å². The minimum absolute atomic E-state index is 0.234. The van der Waals surface area contributed by atoms with Gasteiger partial charge in [-0.2, -0.15) is 5.10 Å². The molecule has 2 N–H and O–H groups in total. The van der Waals surface area contributed by atoms with Crippen molar-refractivity contribution in [3.63, 3.8) is 0 Å². The van der Waals surface area contributed by atoms with E-state index in [2.05, 4.69) is 36.4 Å². The Morgan fingerprint density at radius 3 is 2.90 bits per heavy atom. The van der Waals surface area contributed by atoms with E-state index < -0.39 is 0 Å². The van der Waals surface area contributed by atoms with Crippen molar-refractivity contribution in [3.8, 4) is 0 Å². The molecule has 1 spiro atoms. The molecule has 2 fully saturated rings. The average molecular weight is 406 g/mol. The van der Waals surface area contributed by atoms with E-state index in [0.717, 1.165) is 73.9 Å². The molecule has 0 aliphatic carbocycles. The summed E-state index contributed by atoms with van der Waals surface area (Å²) in [5.74, 6) is 1.61. The van der Waals surface area contributed by atoms with E-state index in [1.54, 1.807) is 0 Å². The molecule has 0 aromatic carbocycles. The van der Waals surface area contributed by atoms with Gasteiger partial charge in [0.15, 0.2) is 17.0 Å². The number of alkyl carbamates (subject to hydrolysis) is 1. The Labute approximate surface area is 172 Å². The number of hydrogen-bond acceptors (Lipinski definition) is 8. The molecule has 10 nitrogen and oxygen atoms in total. The van der Waals surface area contributed by atoms with Gasteiger partial charge < -0.3 is 19.9 Å². The number of anilines is 3. The summed E-state index contributed by atoms with van der Waals surface area (Å²) < 4.78 is 5.11. The van der Waals surface area contributed by atoms with Gasteiger partial charge >= 0.3 is 6.09 Å². The number of carbonyl (C=O) groups is 1. The van der Waals surface area contributed by atoms with E-state index in [1.807, 2.05) is 18.5 Å². The molecule has 154 valence electrons. The Kier molecular flexibility index (Phi) is 3.80. The number of nitrogens with one attached hydrogen (secondary N) is 2. The van der Waals surface area contributed by atoms with E-state index in [9.17, 15) is 4.79 Å². The number of ether oxygens (including phenoxy) is 1. The number of aromatic amines is 1. The van der Waals surface area contributed by atoms with Crippen molar-refractivity contribution in [1.29, 1.82) is 0 Å². The van der Waals surface area contributed by atoms with Gasteiger partial charge in [-0.05, 0) is 37.8 Å². The number of cyclic esters (lactones) is 1. The molecule has 6 heterocycles. The topological polar surface area (TPSA) is 112 Å². The van der Waals surface area contributed by atoms with Gasteiger partial charge in [0.1, 0.15) is 12.4 Å². The van der Waals surface area contributed by atoms with Crippen LogP contribution in [0.5, 0.6) is 0 Å². The second-order valence-corrected chi connectivity index (χ2v) is 8.17. The lowest BCUT2D eigenvalue weighted by Crippen LogP contribution is -2.52. The summed E-state index contributed by atoms with van der Waals surface area (Å²) >= 11 is 0. The van der Waals surface area contributed by atoms with Crippen molar-refractivity contribution < 1.29 is 9.53 Å². The Balaban J connectivity index is 1.26. The zero-order valence-electron chi connectivity index (χ0n) is 16.5. The predicted octanol–water partition coefficient (Wildman–Crippen LogP) is 1.91. The summed E-state index contributed by atoms with van der Waals surface area (Å²) in [4.78, 5) is 29.8. The second kappa shape index (κ2) is 6.54. The van der Waals surface area contributed by atoms with Crippen LogP contribution in [0.25, 0.3) is 11.2 Å². The van der Waals surface area contributed by atoms with E-state index in [-0.39, 0.29) is 11.6 Å². The molecule has 0 saturated carbocycles. The number of aryl methyl sites for hydroxylation is 1. The zero-order chi connectivity index (χ0) is 20.1. The third-order valence-corrected chi connectivity index (χ3v) is 6.34. The standard InChI is InChI=1S/C20H22N8O2/c29-19-24-20(12-30-19)5-9-27(10-6-20)15-11-22-16-17(23-15)25-26-18(16)28-8-2-3-13-14(28)4-1-7-21-13/h1,4,7,11H,2-3,5-6,8-10,12H2,(H,24,29)(H,23,25,26). The number of aromatic nitrogens is 5. The summed E-state index contributed by atoms with van der Waals surface area (Å²) in [5.41, 5.74) is 3.39. The fourth-order valence-electron chi connectivity index (χ4n) is 4.66. The van der Waals surface area contributed by atoms with Crippen LogP contribution < -0.4 is 15.1 Å². The Bertz CT molecular complexity index is 1120. The molecular formula is C20H22N8O2. The molecule has 10 heteroatoms. The smallest absolute Gasteiger partial charge is 0.407 e. The van der Waals surface area contributed by atoms with Gasteiger partial charge in [-0.1, -0.05) is 0 Å². The Morgan fingerprint density at radius 1 is 1.17 bits per heavy atom. The summed E-state index contributed by atoms with van der Waals surface area (Å²) in [7, 11) is 0. The maximum atomic E-state index is 11.4. The number of rotatable bonds is 2. The lowest BCUT2D eigenvalue weighted by molar-refractivity contribution is 0.168. The van der Waals surface area contributed by atoms with Crippen molar-refractivity contribution in [2.24, 2.45) is 0 Å². The average Bonchev–Trinajstić information content (AvgIpc) is 3.37. The SMILES string of the molecule is O=C1NC2(CCN(c3cnc4c(N5CCCc6ncccc65)n[nH]c4n3)CC2)CO1. The van der Waals surface area contributed by atoms with E-state index in [4.69, 9.17) is 14.7 Å². The maximum Gasteiger partial charge on any atom is 0.407 e. The fraction of sp³-hybridized carbons (Fsp3) is 0.450. The summed E-state index contributed by atoms with van der Waals surface area (Å²) in [6.45, 7) is 2.90. The molecule has 6 rings (SSSR count). The summed E-state index contributed by atoms with van der Waals surface area (Å²) in [6.07, 6.45) is 6.99. The zero-order valence-corrected chi connectivity index (χ0v) is 16.5. The van der Waals surface area contributed by atoms with Gasteiger partial charge in [-0.25, -0.2) is 14.8 Å². The van der Waals surface area contributed by atoms with Gasteiger partial charge in [0.25, 0.3) is 0 Å². The first-order chi connectivity index (χ1) is 14.7. The fourth-order valence-corrected chi connectivity index (χ4v) is 4.66. The first-order valence-corrected chi connectivity index (χ1v) is 10.3. The van der Waals surface area contributed by atoms with Crippen molar-refractivity contribution in [3.05, 3.63) is 30.2 Å². The Morgan fingerprint density at radius 2 is 2.07 bits per heavy atom. The normalized spacial score (nSPS) is 20.3. The van der Waals surface area contributed by atoms with Gasteiger partial charge in [0, 0.05) is 25.8 Å². The summed E-state index contributed by atoms with van der Waals surface area (Å²) in [5, 5.41) is 10.6. The van der Waals surface area contributed by atoms with Crippen LogP contribution in [0.15, 0.2) is 24.5 Å². The van der Waals surface area contributed by atoms with Crippen molar-refractivity contribution in [2.45, 2.75) is 31.2 Å². The predicted molar refractivity (Wildman–Crippen MR) is 110 cm³/mol. The van der Waals surface area contributed by atoms with Crippen LogP contribution in [0.4, 0.5) is 22.1 Å². The monoisotopic (exact) mass is 406 g/mol. The number of hydrogen-bond donors (Lipinski definition) is 2. The maximum absolute atomic E-state index is 11.4. The van der Waals surface area contributed by atoms with Gasteiger partial charge in [-0.3, -0.25) is 10.1 Å². The number of H-pyrrole nitrogens is 1. The van der Waals surface area contributed by atoms with Gasteiger partial charge in [-0.15, -0.1) is 0 Å². The third-order valence-electron chi connectivity index (χ3n) is 6.34. The third kappa shape index (κ3) is 2.74. The number of nitrogens with zero attached hydrogens (tertiary/aromatic N) is 6. The van der Waals surface area contributed by atoms with Crippen LogP contribution >= 0.6 is 0 Å². The molecule has 3 aliphatic rings. The first kappa shape index (κ1) is 17.4. The number of piperidine rings is 1. The molecule has 0 atom stereocenters. The van der Waals surface area contributed by atoms with E-state index in [0.29, 0.717) is 12.3 Å². The van der Waals surface area contributed by atoms with Gasteiger partial charge in [0.2, 0.25) is 0 Å².